The molecule has 2 unspecified atom stereocenters. The number of likely N-dealkylation sites (tertiary alicyclic amines) is 1. The van der Waals surface area contributed by atoms with Gasteiger partial charge in [0, 0.05) is 12.6 Å². The van der Waals surface area contributed by atoms with Gasteiger partial charge in [-0.1, -0.05) is 19.3 Å². The number of rotatable bonds is 1. The number of nitrogens with one attached hydrogen (secondary N) is 1. The van der Waals surface area contributed by atoms with Crippen molar-refractivity contribution in [1.29, 1.82) is 0 Å². The predicted molar refractivity (Wildman–Crippen MR) is 72.3 cm³/mol. The van der Waals surface area contributed by atoms with Gasteiger partial charge >= 0.3 is 0 Å². The second-order valence-electron chi connectivity index (χ2n) is 6.29. The summed E-state index contributed by atoms with van der Waals surface area (Å²) >= 11 is 0. The molecule has 0 aromatic carbocycles. The molecule has 1 amide bonds. The summed E-state index contributed by atoms with van der Waals surface area (Å²) < 4.78 is 0. The quantitative estimate of drug-likeness (QED) is 0.774. The van der Waals surface area contributed by atoms with Crippen molar-refractivity contribution in [1.82, 2.24) is 10.2 Å². The van der Waals surface area contributed by atoms with E-state index in [1.54, 1.807) is 0 Å². The van der Waals surface area contributed by atoms with Gasteiger partial charge in [0.1, 0.15) is 0 Å². The van der Waals surface area contributed by atoms with Gasteiger partial charge in [-0.2, -0.15) is 0 Å². The van der Waals surface area contributed by atoms with E-state index in [2.05, 4.69) is 10.2 Å². The third-order valence-electron chi connectivity index (χ3n) is 5.13. The van der Waals surface area contributed by atoms with E-state index >= 15 is 0 Å². The zero-order valence-electron chi connectivity index (χ0n) is 11.4. The highest BCUT2D eigenvalue weighted by atomic mass is 16.2. The summed E-state index contributed by atoms with van der Waals surface area (Å²) in [6.45, 7) is 2.04. The Morgan fingerprint density at radius 3 is 2.56 bits per heavy atom. The molecule has 3 nitrogen and oxygen atoms in total. The SMILES string of the molecule is O=C([C@H]1CCCCN1)N1CCCC2CCCCC21. The van der Waals surface area contributed by atoms with E-state index in [0.717, 1.165) is 25.4 Å². The first-order chi connectivity index (χ1) is 8.86. The van der Waals surface area contributed by atoms with Crippen LogP contribution in [0.3, 0.4) is 0 Å². The average Bonchev–Trinajstić information content (AvgIpc) is 2.47. The lowest BCUT2D eigenvalue weighted by molar-refractivity contribution is -0.140. The largest absolute Gasteiger partial charge is 0.338 e. The van der Waals surface area contributed by atoms with Gasteiger partial charge in [0.15, 0.2) is 0 Å². The second kappa shape index (κ2) is 5.60. The smallest absolute Gasteiger partial charge is 0.239 e. The van der Waals surface area contributed by atoms with Gasteiger partial charge in [-0.3, -0.25) is 4.79 Å². The van der Waals surface area contributed by atoms with E-state index in [0.29, 0.717) is 11.9 Å². The number of piperidine rings is 2. The molecule has 1 aliphatic carbocycles. The molecule has 102 valence electrons. The highest BCUT2D eigenvalue weighted by Gasteiger charge is 2.37. The third kappa shape index (κ3) is 2.42. The first kappa shape index (κ1) is 12.5. The zero-order chi connectivity index (χ0) is 12.4. The number of carbonyl (C=O) groups excluding carboxylic acids is 1. The molecule has 3 fully saturated rings. The van der Waals surface area contributed by atoms with E-state index < -0.39 is 0 Å². The summed E-state index contributed by atoms with van der Waals surface area (Å²) in [5.74, 6) is 1.21. The van der Waals surface area contributed by atoms with E-state index in [9.17, 15) is 4.79 Å². The molecule has 2 saturated heterocycles. The molecule has 3 atom stereocenters. The average molecular weight is 250 g/mol. The van der Waals surface area contributed by atoms with Gasteiger partial charge in [0.05, 0.1) is 6.04 Å². The molecular formula is C15H26N2O. The summed E-state index contributed by atoms with van der Waals surface area (Å²) in [5, 5.41) is 3.42. The molecule has 0 spiro atoms. The molecule has 3 aliphatic rings. The molecule has 1 saturated carbocycles. The fourth-order valence-electron chi connectivity index (χ4n) is 4.16. The first-order valence-electron chi connectivity index (χ1n) is 7.90. The second-order valence-corrected chi connectivity index (χ2v) is 6.29. The van der Waals surface area contributed by atoms with Gasteiger partial charge in [-0.05, 0) is 51.0 Å². The standard InChI is InChI=1S/C15H26N2O/c18-15(13-8-3-4-10-16-13)17-11-5-7-12-6-1-2-9-14(12)17/h12-14,16H,1-11H2/t12?,13-,14?/m1/s1. The Bertz CT molecular complexity index is 297. The van der Waals surface area contributed by atoms with Crippen molar-refractivity contribution < 1.29 is 4.79 Å². The van der Waals surface area contributed by atoms with Crippen molar-refractivity contribution in [2.45, 2.75) is 69.9 Å². The molecule has 0 aromatic rings. The number of hydrogen-bond acceptors (Lipinski definition) is 2. The minimum absolute atomic E-state index is 0.124. The summed E-state index contributed by atoms with van der Waals surface area (Å²) in [5.41, 5.74) is 0. The minimum atomic E-state index is 0.124. The molecule has 3 rings (SSSR count). The molecule has 0 radical (unpaired) electrons. The van der Waals surface area contributed by atoms with Crippen molar-refractivity contribution in [3.8, 4) is 0 Å². The number of fused-ring (bicyclic) bond motifs is 1. The lowest BCUT2D eigenvalue weighted by Gasteiger charge is -2.45. The van der Waals surface area contributed by atoms with Crippen molar-refractivity contribution in [2.24, 2.45) is 5.92 Å². The highest BCUT2D eigenvalue weighted by molar-refractivity contribution is 5.82. The zero-order valence-corrected chi connectivity index (χ0v) is 11.4. The molecule has 0 aromatic heterocycles. The number of nitrogens with zero attached hydrogens (tertiary/aromatic N) is 1. The van der Waals surface area contributed by atoms with Gasteiger partial charge < -0.3 is 10.2 Å². The lowest BCUT2D eigenvalue weighted by Crippen LogP contribution is -2.56. The summed E-state index contributed by atoms with van der Waals surface area (Å²) in [7, 11) is 0. The molecule has 1 N–H and O–H groups in total. The van der Waals surface area contributed by atoms with Crippen LogP contribution in [0.15, 0.2) is 0 Å². The summed E-state index contributed by atoms with van der Waals surface area (Å²) in [6.07, 6.45) is 11.4. The van der Waals surface area contributed by atoms with Gasteiger partial charge in [-0.15, -0.1) is 0 Å². The van der Waals surface area contributed by atoms with Crippen LogP contribution in [-0.2, 0) is 4.79 Å². The first-order valence-corrected chi connectivity index (χ1v) is 7.90. The Kier molecular flexibility index (Phi) is 3.88. The van der Waals surface area contributed by atoms with Gasteiger partial charge in [-0.25, -0.2) is 0 Å². The van der Waals surface area contributed by atoms with Crippen molar-refractivity contribution in [2.75, 3.05) is 13.1 Å². The van der Waals surface area contributed by atoms with Crippen LogP contribution in [0.5, 0.6) is 0 Å². The minimum Gasteiger partial charge on any atom is -0.338 e. The lowest BCUT2D eigenvalue weighted by atomic mass is 9.78. The van der Waals surface area contributed by atoms with Crippen molar-refractivity contribution >= 4 is 5.91 Å². The maximum atomic E-state index is 12.7. The van der Waals surface area contributed by atoms with Gasteiger partial charge in [0.25, 0.3) is 0 Å². The Balaban J connectivity index is 1.67. The fourth-order valence-corrected chi connectivity index (χ4v) is 4.16. The topological polar surface area (TPSA) is 32.3 Å². The number of hydrogen-bond donors (Lipinski definition) is 1. The Morgan fingerprint density at radius 1 is 0.944 bits per heavy atom. The van der Waals surface area contributed by atoms with Crippen LogP contribution >= 0.6 is 0 Å². The normalized spacial score (nSPS) is 37.1. The van der Waals surface area contributed by atoms with Gasteiger partial charge in [0.2, 0.25) is 5.91 Å². The molecule has 2 aliphatic heterocycles. The molecule has 3 heteroatoms. The van der Waals surface area contributed by atoms with Crippen LogP contribution in [0, 0.1) is 5.92 Å². The van der Waals surface area contributed by atoms with Crippen LogP contribution < -0.4 is 5.32 Å². The summed E-state index contributed by atoms with van der Waals surface area (Å²) in [6, 6.07) is 0.697. The molecule has 2 heterocycles. The van der Waals surface area contributed by atoms with Crippen LogP contribution in [0.4, 0.5) is 0 Å². The molecule has 0 bridgehead atoms. The number of amides is 1. The van der Waals surface area contributed by atoms with E-state index in [-0.39, 0.29) is 6.04 Å². The molecular weight excluding hydrogens is 224 g/mol. The molecule has 18 heavy (non-hydrogen) atoms. The Labute approximate surface area is 110 Å². The van der Waals surface area contributed by atoms with Crippen LogP contribution in [0.25, 0.3) is 0 Å². The van der Waals surface area contributed by atoms with E-state index in [1.807, 2.05) is 0 Å². The Morgan fingerprint density at radius 2 is 1.72 bits per heavy atom. The van der Waals surface area contributed by atoms with E-state index in [4.69, 9.17) is 0 Å². The predicted octanol–water partition coefficient (Wildman–Crippen LogP) is 2.31. The highest BCUT2D eigenvalue weighted by Crippen LogP contribution is 2.35. The fraction of sp³-hybridized carbons (Fsp3) is 0.933. The Hall–Kier alpha value is -0.570. The number of carbonyl (C=O) groups is 1. The maximum absolute atomic E-state index is 12.7. The monoisotopic (exact) mass is 250 g/mol. The van der Waals surface area contributed by atoms with Crippen molar-refractivity contribution in [3.05, 3.63) is 0 Å². The van der Waals surface area contributed by atoms with Crippen LogP contribution in [0.1, 0.15) is 57.8 Å². The maximum Gasteiger partial charge on any atom is 0.239 e. The van der Waals surface area contributed by atoms with Crippen LogP contribution in [-0.4, -0.2) is 36.0 Å². The summed E-state index contributed by atoms with van der Waals surface area (Å²) in [4.78, 5) is 14.9. The third-order valence-corrected chi connectivity index (χ3v) is 5.13. The van der Waals surface area contributed by atoms with E-state index in [1.165, 1.54) is 51.4 Å². The van der Waals surface area contributed by atoms with Crippen LogP contribution in [0.2, 0.25) is 0 Å². The van der Waals surface area contributed by atoms with Crippen molar-refractivity contribution in [3.63, 3.8) is 0 Å².